The van der Waals surface area contributed by atoms with Crippen LogP contribution in [0.5, 0.6) is 0 Å². The average Bonchev–Trinajstić information content (AvgIpc) is 2.62. The van der Waals surface area contributed by atoms with Crippen LogP contribution >= 0.6 is 0 Å². The lowest BCUT2D eigenvalue weighted by Gasteiger charge is -2.68. The Bertz CT molecular complexity index is 800. The highest BCUT2D eigenvalue weighted by Gasteiger charge is 2.75. The van der Waals surface area contributed by atoms with Gasteiger partial charge in [0.05, 0.1) is 30.7 Å². The van der Waals surface area contributed by atoms with Crippen molar-refractivity contribution in [1.29, 1.82) is 0 Å². The molecule has 1 heterocycles. The maximum absolute atomic E-state index is 13.3. The number of carbonyl (C=O) groups excluding carboxylic acids is 3. The van der Waals surface area contributed by atoms with E-state index < -0.39 is 64.2 Å². The minimum Gasteiger partial charge on any atom is -0.493 e. The molecule has 0 aromatic rings. The van der Waals surface area contributed by atoms with E-state index in [2.05, 4.69) is 0 Å². The third-order valence-corrected chi connectivity index (χ3v) is 8.10. The lowest BCUT2D eigenvalue weighted by atomic mass is 9.38. The zero-order valence-corrected chi connectivity index (χ0v) is 16.3. The maximum atomic E-state index is 13.3. The number of methoxy groups -OCH3 is 1. The molecule has 2 saturated carbocycles. The Kier molecular flexibility index (Phi) is 3.94. The normalized spacial score (nSPS) is 53.0. The molecular formula is C20H26O8. The fourth-order valence-corrected chi connectivity index (χ4v) is 6.70. The van der Waals surface area contributed by atoms with Gasteiger partial charge in [-0.1, -0.05) is 13.8 Å². The number of esters is 1. The van der Waals surface area contributed by atoms with Gasteiger partial charge in [0.15, 0.2) is 11.5 Å². The molecule has 4 aliphatic rings. The van der Waals surface area contributed by atoms with E-state index in [0.717, 1.165) is 6.08 Å². The van der Waals surface area contributed by atoms with Crippen LogP contribution in [-0.2, 0) is 23.9 Å². The fraction of sp³-hybridized carbons (Fsp3) is 0.750. The SMILES string of the molecule is COC1=CC(=O)C2CC3OC(=O)CC4C(C)(O)C(O)C(O)C(C2(C)C1=O)C34C. The number of fused-ring (bicyclic) bond motifs is 2. The smallest absolute Gasteiger partial charge is 0.306 e. The summed E-state index contributed by atoms with van der Waals surface area (Å²) in [7, 11) is 1.30. The van der Waals surface area contributed by atoms with Crippen LogP contribution in [0.15, 0.2) is 11.8 Å². The number of aliphatic hydroxyl groups excluding tert-OH is 2. The number of Topliss-reactive ketones (excluding diaryl/α,β-unsaturated/α-hetero) is 1. The van der Waals surface area contributed by atoms with Crippen LogP contribution in [-0.4, -0.2) is 63.9 Å². The quantitative estimate of drug-likeness (QED) is 0.519. The highest BCUT2D eigenvalue weighted by molar-refractivity contribution is 6.12. The Morgan fingerprint density at radius 2 is 1.82 bits per heavy atom. The molecule has 9 atom stereocenters. The second-order valence-electron chi connectivity index (χ2n) is 9.26. The second-order valence-corrected chi connectivity index (χ2v) is 9.26. The van der Waals surface area contributed by atoms with Crippen molar-refractivity contribution in [2.45, 2.75) is 57.5 Å². The maximum Gasteiger partial charge on any atom is 0.306 e. The van der Waals surface area contributed by atoms with Gasteiger partial charge in [-0.25, -0.2) is 0 Å². The molecule has 0 bridgehead atoms. The van der Waals surface area contributed by atoms with E-state index in [4.69, 9.17) is 9.47 Å². The number of ketones is 2. The second kappa shape index (κ2) is 5.64. The molecule has 8 nitrogen and oxygen atoms in total. The molecule has 4 rings (SSSR count). The van der Waals surface area contributed by atoms with Crippen molar-refractivity contribution in [2.75, 3.05) is 7.11 Å². The lowest BCUT2D eigenvalue weighted by Crippen LogP contribution is -2.77. The van der Waals surface area contributed by atoms with E-state index in [0.29, 0.717) is 0 Å². The topological polar surface area (TPSA) is 130 Å². The summed E-state index contributed by atoms with van der Waals surface area (Å²) in [6.07, 6.45) is -2.71. The van der Waals surface area contributed by atoms with Crippen molar-refractivity contribution in [3.63, 3.8) is 0 Å². The molecule has 0 aromatic carbocycles. The molecule has 0 radical (unpaired) electrons. The van der Waals surface area contributed by atoms with Gasteiger partial charge in [-0.3, -0.25) is 14.4 Å². The Morgan fingerprint density at radius 1 is 1.18 bits per heavy atom. The zero-order chi connectivity index (χ0) is 20.8. The summed E-state index contributed by atoms with van der Waals surface area (Å²) in [6.45, 7) is 4.78. The molecule has 0 aromatic heterocycles. The fourth-order valence-electron chi connectivity index (χ4n) is 6.70. The summed E-state index contributed by atoms with van der Waals surface area (Å²) in [6, 6.07) is 0. The number of aliphatic hydroxyl groups is 3. The lowest BCUT2D eigenvalue weighted by molar-refractivity contribution is -0.308. The van der Waals surface area contributed by atoms with Crippen LogP contribution in [0.25, 0.3) is 0 Å². The van der Waals surface area contributed by atoms with Crippen LogP contribution in [0.4, 0.5) is 0 Å². The largest absolute Gasteiger partial charge is 0.493 e. The van der Waals surface area contributed by atoms with E-state index >= 15 is 0 Å². The van der Waals surface area contributed by atoms with Gasteiger partial charge in [0.1, 0.15) is 12.2 Å². The predicted molar refractivity (Wildman–Crippen MR) is 93.5 cm³/mol. The van der Waals surface area contributed by atoms with Crippen molar-refractivity contribution >= 4 is 17.5 Å². The van der Waals surface area contributed by atoms with Crippen molar-refractivity contribution in [1.82, 2.24) is 0 Å². The van der Waals surface area contributed by atoms with Gasteiger partial charge in [-0.15, -0.1) is 0 Å². The van der Waals surface area contributed by atoms with Crippen molar-refractivity contribution in [3.05, 3.63) is 11.8 Å². The zero-order valence-electron chi connectivity index (χ0n) is 16.3. The van der Waals surface area contributed by atoms with E-state index in [1.807, 2.05) is 0 Å². The van der Waals surface area contributed by atoms with Crippen molar-refractivity contribution in [3.8, 4) is 0 Å². The van der Waals surface area contributed by atoms with Crippen LogP contribution in [0.1, 0.15) is 33.6 Å². The first-order valence-corrected chi connectivity index (χ1v) is 9.54. The summed E-state index contributed by atoms with van der Waals surface area (Å²) in [5, 5.41) is 32.9. The highest BCUT2D eigenvalue weighted by Crippen LogP contribution is 2.67. The van der Waals surface area contributed by atoms with E-state index in [-0.39, 0.29) is 24.4 Å². The van der Waals surface area contributed by atoms with Gasteiger partial charge in [0.25, 0.3) is 0 Å². The third kappa shape index (κ3) is 2.03. The number of carbonyl (C=O) groups is 3. The summed E-state index contributed by atoms with van der Waals surface area (Å²) < 4.78 is 10.7. The Labute approximate surface area is 162 Å². The van der Waals surface area contributed by atoms with Gasteiger partial charge in [0, 0.05) is 29.2 Å². The molecule has 28 heavy (non-hydrogen) atoms. The molecule has 1 aliphatic heterocycles. The molecule has 3 aliphatic carbocycles. The van der Waals surface area contributed by atoms with Crippen LogP contribution < -0.4 is 0 Å². The first-order chi connectivity index (χ1) is 12.9. The first kappa shape index (κ1) is 19.5. The first-order valence-electron chi connectivity index (χ1n) is 9.54. The highest BCUT2D eigenvalue weighted by atomic mass is 16.5. The van der Waals surface area contributed by atoms with E-state index in [1.54, 1.807) is 13.8 Å². The number of hydrogen-bond donors (Lipinski definition) is 3. The summed E-state index contributed by atoms with van der Waals surface area (Å²) >= 11 is 0. The molecule has 9 unspecified atom stereocenters. The van der Waals surface area contributed by atoms with E-state index in [9.17, 15) is 29.7 Å². The van der Waals surface area contributed by atoms with Gasteiger partial charge in [0.2, 0.25) is 5.78 Å². The number of ether oxygens (including phenoxy) is 2. The molecule has 1 saturated heterocycles. The van der Waals surface area contributed by atoms with Gasteiger partial charge >= 0.3 is 5.97 Å². The average molecular weight is 394 g/mol. The molecule has 3 fully saturated rings. The molecule has 3 N–H and O–H groups in total. The number of hydrogen-bond acceptors (Lipinski definition) is 8. The van der Waals surface area contributed by atoms with Crippen LogP contribution in [0.2, 0.25) is 0 Å². The summed E-state index contributed by atoms with van der Waals surface area (Å²) in [5.41, 5.74) is -4.12. The van der Waals surface area contributed by atoms with Gasteiger partial charge < -0.3 is 24.8 Å². The predicted octanol–water partition coefficient (Wildman–Crippen LogP) is -0.265. The minimum atomic E-state index is -1.76. The summed E-state index contributed by atoms with van der Waals surface area (Å²) in [5.74, 6) is -3.85. The van der Waals surface area contributed by atoms with Crippen molar-refractivity contribution in [2.24, 2.45) is 28.6 Å². The minimum absolute atomic E-state index is 0.0887. The Hall–Kier alpha value is -1.77. The number of rotatable bonds is 1. The van der Waals surface area contributed by atoms with E-state index in [1.165, 1.54) is 14.0 Å². The third-order valence-electron chi connectivity index (χ3n) is 8.10. The molecular weight excluding hydrogens is 368 g/mol. The Balaban J connectivity index is 1.96. The van der Waals surface area contributed by atoms with Crippen LogP contribution in [0.3, 0.4) is 0 Å². The standard InChI is InChI=1S/C20H26O8/c1-18-8(9(21)6-10(27-4)16(18)24)5-12-19(2)11(7-13(22)28-12)20(3,26)17(25)14(23)15(18)19/h6,8,11-12,14-15,17,23,25-26H,5,7H2,1-4H3. The summed E-state index contributed by atoms with van der Waals surface area (Å²) in [4.78, 5) is 38.4. The number of allylic oxidation sites excluding steroid dienone is 2. The monoisotopic (exact) mass is 394 g/mol. The van der Waals surface area contributed by atoms with Crippen molar-refractivity contribution < 1.29 is 39.2 Å². The molecule has 8 heteroatoms. The van der Waals surface area contributed by atoms with Gasteiger partial charge in [-0.05, 0) is 13.3 Å². The van der Waals surface area contributed by atoms with Crippen LogP contribution in [0, 0.1) is 28.6 Å². The molecule has 0 spiro atoms. The molecule has 0 amide bonds. The Morgan fingerprint density at radius 3 is 2.43 bits per heavy atom. The molecule has 154 valence electrons. The van der Waals surface area contributed by atoms with Gasteiger partial charge in [-0.2, -0.15) is 0 Å².